The van der Waals surface area contributed by atoms with E-state index in [1.54, 1.807) is 23.5 Å². The van der Waals surface area contributed by atoms with Crippen molar-refractivity contribution in [2.24, 2.45) is 0 Å². The Balaban J connectivity index is 1.50. The third-order valence-corrected chi connectivity index (χ3v) is 5.20. The van der Waals surface area contributed by atoms with Gasteiger partial charge in [-0.25, -0.2) is 9.37 Å². The molecule has 1 N–H and O–H groups in total. The zero-order chi connectivity index (χ0) is 16.9. The standard InChI is InChI=1S/C18H25FN4S/c1-22(2)11-12-23-9-7-16(8-10-23)20-18-21-17(13-24-18)14-3-5-15(19)6-4-14/h3-6,13,16H,7-12H2,1-2H3,(H,20,21). The Bertz CT molecular complexity index is 633. The van der Waals surface area contributed by atoms with Gasteiger partial charge in [-0.1, -0.05) is 0 Å². The van der Waals surface area contributed by atoms with E-state index in [1.807, 2.05) is 5.38 Å². The predicted molar refractivity (Wildman–Crippen MR) is 99.1 cm³/mol. The quantitative estimate of drug-likeness (QED) is 0.867. The van der Waals surface area contributed by atoms with Crippen LogP contribution in [-0.2, 0) is 0 Å². The molecule has 1 aliphatic rings. The van der Waals surface area contributed by atoms with E-state index in [4.69, 9.17) is 0 Å². The van der Waals surface area contributed by atoms with Gasteiger partial charge in [-0.3, -0.25) is 0 Å². The van der Waals surface area contributed by atoms with Crippen LogP contribution >= 0.6 is 11.3 Å². The first kappa shape index (κ1) is 17.3. The molecule has 2 aromatic rings. The third kappa shape index (κ3) is 4.75. The Hall–Kier alpha value is -1.50. The average Bonchev–Trinajstić information content (AvgIpc) is 3.03. The second kappa shape index (κ2) is 8.05. The van der Waals surface area contributed by atoms with Gasteiger partial charge < -0.3 is 15.1 Å². The number of hydrogen-bond acceptors (Lipinski definition) is 5. The van der Waals surface area contributed by atoms with E-state index >= 15 is 0 Å². The second-order valence-corrected chi connectivity index (χ2v) is 7.47. The molecule has 2 heterocycles. The van der Waals surface area contributed by atoms with Crippen LogP contribution in [0.3, 0.4) is 0 Å². The third-order valence-electron chi connectivity index (χ3n) is 4.42. The van der Waals surface area contributed by atoms with Crippen LogP contribution in [-0.4, -0.2) is 61.1 Å². The van der Waals surface area contributed by atoms with E-state index in [2.05, 4.69) is 34.2 Å². The van der Waals surface area contributed by atoms with Crippen LogP contribution in [0.2, 0.25) is 0 Å². The molecule has 0 saturated carbocycles. The number of anilines is 1. The minimum absolute atomic E-state index is 0.214. The van der Waals surface area contributed by atoms with Gasteiger partial charge in [-0.15, -0.1) is 11.3 Å². The van der Waals surface area contributed by atoms with Gasteiger partial charge in [0, 0.05) is 43.2 Å². The molecule has 6 heteroatoms. The molecule has 0 spiro atoms. The van der Waals surface area contributed by atoms with Crippen molar-refractivity contribution in [1.29, 1.82) is 0 Å². The minimum Gasteiger partial charge on any atom is -0.359 e. The lowest BCUT2D eigenvalue weighted by Crippen LogP contribution is -2.41. The number of hydrogen-bond donors (Lipinski definition) is 1. The van der Waals surface area contributed by atoms with Crippen molar-refractivity contribution in [2.75, 3.05) is 45.6 Å². The first-order chi connectivity index (χ1) is 11.6. The summed E-state index contributed by atoms with van der Waals surface area (Å²) in [7, 11) is 4.24. The summed E-state index contributed by atoms with van der Waals surface area (Å²) in [5.74, 6) is -0.214. The van der Waals surface area contributed by atoms with Gasteiger partial charge in [-0.05, 0) is 51.2 Å². The summed E-state index contributed by atoms with van der Waals surface area (Å²) < 4.78 is 13.0. The second-order valence-electron chi connectivity index (χ2n) is 6.61. The van der Waals surface area contributed by atoms with Gasteiger partial charge >= 0.3 is 0 Å². The van der Waals surface area contributed by atoms with Crippen LogP contribution in [0.25, 0.3) is 11.3 Å². The lowest BCUT2D eigenvalue weighted by atomic mass is 10.1. The molecule has 0 unspecified atom stereocenters. The molecule has 0 bridgehead atoms. The van der Waals surface area contributed by atoms with Gasteiger partial charge in [0.25, 0.3) is 0 Å². The number of likely N-dealkylation sites (tertiary alicyclic amines) is 1. The number of likely N-dealkylation sites (N-methyl/N-ethyl adjacent to an activating group) is 1. The molecule has 130 valence electrons. The van der Waals surface area contributed by atoms with E-state index < -0.39 is 0 Å². The molecule has 1 aromatic heterocycles. The fraction of sp³-hybridized carbons (Fsp3) is 0.500. The molecular weight excluding hydrogens is 323 g/mol. The molecule has 24 heavy (non-hydrogen) atoms. The number of rotatable bonds is 6. The summed E-state index contributed by atoms with van der Waals surface area (Å²) in [4.78, 5) is 9.41. The fourth-order valence-corrected chi connectivity index (χ4v) is 3.71. The zero-order valence-corrected chi connectivity index (χ0v) is 15.2. The van der Waals surface area contributed by atoms with Gasteiger partial charge in [0.15, 0.2) is 5.13 Å². The molecule has 0 radical (unpaired) electrons. The molecular formula is C18H25FN4S. The highest BCUT2D eigenvalue weighted by Crippen LogP contribution is 2.26. The van der Waals surface area contributed by atoms with Crippen LogP contribution in [0.1, 0.15) is 12.8 Å². The number of benzene rings is 1. The van der Waals surface area contributed by atoms with Crippen molar-refractivity contribution in [2.45, 2.75) is 18.9 Å². The molecule has 3 rings (SSSR count). The maximum absolute atomic E-state index is 13.0. The average molecular weight is 348 g/mol. The summed E-state index contributed by atoms with van der Waals surface area (Å²) >= 11 is 1.62. The molecule has 0 aliphatic carbocycles. The first-order valence-electron chi connectivity index (χ1n) is 8.45. The SMILES string of the molecule is CN(C)CCN1CCC(Nc2nc(-c3ccc(F)cc3)cs2)CC1. The highest BCUT2D eigenvalue weighted by Gasteiger charge is 2.19. The van der Waals surface area contributed by atoms with Crippen LogP contribution < -0.4 is 5.32 Å². The molecule has 1 aliphatic heterocycles. The predicted octanol–water partition coefficient (Wildman–Crippen LogP) is 3.39. The molecule has 1 aromatic carbocycles. The van der Waals surface area contributed by atoms with E-state index in [0.717, 1.165) is 55.4 Å². The Morgan fingerprint density at radius 2 is 1.96 bits per heavy atom. The van der Waals surface area contributed by atoms with Gasteiger partial charge in [-0.2, -0.15) is 0 Å². The number of thiazole rings is 1. The van der Waals surface area contributed by atoms with Crippen LogP contribution in [0, 0.1) is 5.82 Å². The highest BCUT2D eigenvalue weighted by molar-refractivity contribution is 7.14. The first-order valence-corrected chi connectivity index (χ1v) is 9.33. The van der Waals surface area contributed by atoms with Gasteiger partial charge in [0.05, 0.1) is 5.69 Å². The summed E-state index contributed by atoms with van der Waals surface area (Å²) in [6.45, 7) is 4.54. The smallest absolute Gasteiger partial charge is 0.183 e. The van der Waals surface area contributed by atoms with Crippen LogP contribution in [0.5, 0.6) is 0 Å². The summed E-state index contributed by atoms with van der Waals surface area (Å²) in [5, 5.41) is 6.55. The topological polar surface area (TPSA) is 31.4 Å². The van der Waals surface area contributed by atoms with Gasteiger partial charge in [0.2, 0.25) is 0 Å². The summed E-state index contributed by atoms with van der Waals surface area (Å²) in [6.07, 6.45) is 2.30. The monoisotopic (exact) mass is 348 g/mol. The van der Waals surface area contributed by atoms with Crippen molar-refractivity contribution in [1.82, 2.24) is 14.8 Å². The molecule has 0 amide bonds. The number of nitrogens with one attached hydrogen (secondary N) is 1. The normalized spacial score (nSPS) is 16.7. The summed E-state index contributed by atoms with van der Waals surface area (Å²) in [6, 6.07) is 7.00. The number of nitrogens with zero attached hydrogens (tertiary/aromatic N) is 3. The molecule has 1 fully saturated rings. The van der Waals surface area contributed by atoms with E-state index in [0.29, 0.717) is 6.04 Å². The number of halogens is 1. The largest absolute Gasteiger partial charge is 0.359 e. The Morgan fingerprint density at radius 1 is 1.25 bits per heavy atom. The van der Waals surface area contributed by atoms with Crippen LogP contribution in [0.15, 0.2) is 29.6 Å². The number of aromatic nitrogens is 1. The van der Waals surface area contributed by atoms with E-state index in [1.165, 1.54) is 12.1 Å². The minimum atomic E-state index is -0.214. The maximum atomic E-state index is 13.0. The number of piperidine rings is 1. The molecule has 4 nitrogen and oxygen atoms in total. The molecule has 1 saturated heterocycles. The molecule has 0 atom stereocenters. The van der Waals surface area contributed by atoms with Crippen molar-refractivity contribution < 1.29 is 4.39 Å². The zero-order valence-electron chi connectivity index (χ0n) is 14.3. The lowest BCUT2D eigenvalue weighted by Gasteiger charge is -2.32. The fourth-order valence-electron chi connectivity index (χ4n) is 2.91. The van der Waals surface area contributed by atoms with Crippen molar-refractivity contribution in [3.8, 4) is 11.3 Å². The van der Waals surface area contributed by atoms with E-state index in [9.17, 15) is 4.39 Å². The maximum Gasteiger partial charge on any atom is 0.183 e. The van der Waals surface area contributed by atoms with Crippen LogP contribution in [0.4, 0.5) is 9.52 Å². The van der Waals surface area contributed by atoms with Crippen molar-refractivity contribution >= 4 is 16.5 Å². The summed E-state index contributed by atoms with van der Waals surface area (Å²) in [5.41, 5.74) is 1.87. The lowest BCUT2D eigenvalue weighted by molar-refractivity contribution is 0.199. The highest BCUT2D eigenvalue weighted by atomic mass is 32.1. The van der Waals surface area contributed by atoms with Gasteiger partial charge in [0.1, 0.15) is 5.82 Å². The van der Waals surface area contributed by atoms with E-state index in [-0.39, 0.29) is 5.82 Å². The Labute approximate surface area is 147 Å². The van der Waals surface area contributed by atoms with Crippen molar-refractivity contribution in [3.63, 3.8) is 0 Å². The Morgan fingerprint density at radius 3 is 2.62 bits per heavy atom. The van der Waals surface area contributed by atoms with Crippen molar-refractivity contribution in [3.05, 3.63) is 35.5 Å². The Kier molecular flexibility index (Phi) is 5.81.